The van der Waals surface area contributed by atoms with Crippen molar-refractivity contribution in [3.8, 4) is 17.6 Å². The second-order valence-corrected chi connectivity index (χ2v) is 2.45. The Kier molecular flexibility index (Phi) is 2.93. The van der Waals surface area contributed by atoms with E-state index in [4.69, 9.17) is 21.3 Å². The summed E-state index contributed by atoms with van der Waals surface area (Å²) in [5.74, 6) is 0.775. The lowest BCUT2D eigenvalue weighted by Crippen LogP contribution is -1.90. The Morgan fingerprint density at radius 3 is 2.36 bits per heavy atom. The molecule has 1 rings (SSSR count). The van der Waals surface area contributed by atoms with Gasteiger partial charge >= 0.3 is 0 Å². The summed E-state index contributed by atoms with van der Waals surface area (Å²) >= 11 is 0. The predicted molar refractivity (Wildman–Crippen MR) is 50.5 cm³/mol. The fourth-order valence-electron chi connectivity index (χ4n) is 1.06. The van der Waals surface area contributed by atoms with Crippen LogP contribution in [0.1, 0.15) is 5.56 Å². The second-order valence-electron chi connectivity index (χ2n) is 2.45. The molecule has 0 aliphatic carbocycles. The molecule has 0 aliphatic heterocycles. The van der Waals surface area contributed by atoms with Crippen LogP contribution in [0.5, 0.6) is 11.5 Å². The average Bonchev–Trinajstić information content (AvgIpc) is 2.26. The van der Waals surface area contributed by atoms with Gasteiger partial charge in [-0.25, -0.2) is 4.85 Å². The summed E-state index contributed by atoms with van der Waals surface area (Å²) in [6.07, 6.45) is 0. The van der Waals surface area contributed by atoms with Crippen molar-refractivity contribution in [2.24, 2.45) is 0 Å². The molecule has 70 valence electrons. The number of nitrogens with zero attached hydrogens (tertiary/aromatic N) is 2. The Morgan fingerprint density at radius 1 is 1.29 bits per heavy atom. The van der Waals surface area contributed by atoms with E-state index < -0.39 is 0 Å². The number of ether oxygens (including phenoxy) is 2. The fourth-order valence-corrected chi connectivity index (χ4v) is 1.06. The fraction of sp³-hybridized carbons (Fsp3) is 0.200. The topological polar surface area (TPSA) is 46.6 Å². The van der Waals surface area contributed by atoms with Gasteiger partial charge in [0, 0.05) is 0 Å². The van der Waals surface area contributed by atoms with Gasteiger partial charge < -0.3 is 9.47 Å². The number of benzene rings is 1. The van der Waals surface area contributed by atoms with Crippen molar-refractivity contribution in [3.63, 3.8) is 0 Å². The van der Waals surface area contributed by atoms with E-state index in [9.17, 15) is 0 Å². The van der Waals surface area contributed by atoms with E-state index >= 15 is 0 Å². The highest BCUT2D eigenvalue weighted by molar-refractivity contribution is 5.65. The molecular formula is C10H8N2O2. The van der Waals surface area contributed by atoms with Crippen molar-refractivity contribution >= 4 is 5.69 Å². The number of methoxy groups -OCH3 is 2. The first-order chi connectivity index (χ1) is 6.76. The summed E-state index contributed by atoms with van der Waals surface area (Å²) in [4.78, 5) is 3.26. The molecule has 0 atom stereocenters. The maximum atomic E-state index is 8.77. The van der Waals surface area contributed by atoms with Crippen molar-refractivity contribution < 1.29 is 9.47 Å². The molecule has 0 bridgehead atoms. The molecule has 0 saturated carbocycles. The first-order valence-electron chi connectivity index (χ1n) is 3.80. The highest BCUT2D eigenvalue weighted by Crippen LogP contribution is 2.34. The van der Waals surface area contributed by atoms with Gasteiger partial charge in [0.05, 0.1) is 26.4 Å². The van der Waals surface area contributed by atoms with Crippen LogP contribution in [0.25, 0.3) is 4.85 Å². The third kappa shape index (κ3) is 1.60. The van der Waals surface area contributed by atoms with Crippen LogP contribution in [-0.2, 0) is 0 Å². The second kappa shape index (κ2) is 4.15. The SMILES string of the molecule is [C-]#[N+]c1cc(OC)c(C#N)cc1OC. The third-order valence-corrected chi connectivity index (χ3v) is 1.74. The highest BCUT2D eigenvalue weighted by atomic mass is 16.5. The van der Waals surface area contributed by atoms with Gasteiger partial charge in [0.25, 0.3) is 0 Å². The minimum atomic E-state index is 0.336. The lowest BCUT2D eigenvalue weighted by atomic mass is 10.2. The van der Waals surface area contributed by atoms with Crippen LogP contribution >= 0.6 is 0 Å². The monoisotopic (exact) mass is 188 g/mol. The van der Waals surface area contributed by atoms with Crippen molar-refractivity contribution in [3.05, 3.63) is 29.1 Å². The smallest absolute Gasteiger partial charge is 0.231 e. The average molecular weight is 188 g/mol. The van der Waals surface area contributed by atoms with E-state index in [0.29, 0.717) is 22.7 Å². The zero-order valence-corrected chi connectivity index (χ0v) is 7.87. The van der Waals surface area contributed by atoms with Gasteiger partial charge in [0.2, 0.25) is 5.69 Å². The van der Waals surface area contributed by atoms with E-state index in [1.165, 1.54) is 26.4 Å². The van der Waals surface area contributed by atoms with Gasteiger partial charge in [-0.3, -0.25) is 0 Å². The van der Waals surface area contributed by atoms with Gasteiger partial charge in [0.1, 0.15) is 17.6 Å². The zero-order valence-electron chi connectivity index (χ0n) is 7.87. The lowest BCUT2D eigenvalue weighted by molar-refractivity contribution is 0.404. The minimum absolute atomic E-state index is 0.336. The van der Waals surface area contributed by atoms with Crippen LogP contribution in [0, 0.1) is 17.9 Å². The quantitative estimate of drug-likeness (QED) is 0.668. The Balaban J connectivity index is 3.39. The molecule has 0 aromatic heterocycles. The van der Waals surface area contributed by atoms with Crippen molar-refractivity contribution in [2.45, 2.75) is 0 Å². The van der Waals surface area contributed by atoms with E-state index in [1.54, 1.807) is 0 Å². The zero-order chi connectivity index (χ0) is 10.6. The van der Waals surface area contributed by atoms with Crippen molar-refractivity contribution in [1.29, 1.82) is 5.26 Å². The third-order valence-electron chi connectivity index (χ3n) is 1.74. The first kappa shape index (κ1) is 9.88. The van der Waals surface area contributed by atoms with Crippen LogP contribution in [-0.4, -0.2) is 14.2 Å². The Labute approximate surface area is 82.1 Å². The molecule has 4 heteroatoms. The first-order valence-corrected chi connectivity index (χ1v) is 3.80. The molecule has 0 spiro atoms. The van der Waals surface area contributed by atoms with E-state index in [-0.39, 0.29) is 0 Å². The lowest BCUT2D eigenvalue weighted by Gasteiger charge is -2.07. The standard InChI is InChI=1S/C10H8N2O2/c1-12-8-5-9(13-2)7(6-11)4-10(8)14-3/h4-5H,2-3H3. The molecule has 1 aromatic rings. The largest absolute Gasteiger partial charge is 0.508 e. The molecule has 1 aromatic carbocycles. The van der Waals surface area contributed by atoms with E-state index in [2.05, 4.69) is 4.85 Å². The molecule has 0 saturated heterocycles. The van der Waals surface area contributed by atoms with Crippen LogP contribution in [0.2, 0.25) is 0 Å². The molecule has 0 fully saturated rings. The molecule has 0 amide bonds. The summed E-state index contributed by atoms with van der Waals surface area (Å²) in [5, 5.41) is 8.77. The Bertz CT molecular complexity index is 385. The number of hydrogen-bond donors (Lipinski definition) is 0. The highest BCUT2D eigenvalue weighted by Gasteiger charge is 2.10. The van der Waals surface area contributed by atoms with Gasteiger partial charge in [-0.1, -0.05) is 0 Å². The van der Waals surface area contributed by atoms with Gasteiger partial charge in [-0.05, 0) is 12.1 Å². The van der Waals surface area contributed by atoms with Crippen LogP contribution in [0.3, 0.4) is 0 Å². The number of hydrogen-bond acceptors (Lipinski definition) is 3. The van der Waals surface area contributed by atoms with Gasteiger partial charge in [0.15, 0.2) is 0 Å². The molecule has 0 N–H and O–H groups in total. The maximum absolute atomic E-state index is 8.77. The number of nitriles is 1. The van der Waals surface area contributed by atoms with Crippen molar-refractivity contribution in [1.82, 2.24) is 0 Å². The van der Waals surface area contributed by atoms with Crippen LogP contribution < -0.4 is 9.47 Å². The number of rotatable bonds is 2. The van der Waals surface area contributed by atoms with Crippen LogP contribution in [0.15, 0.2) is 12.1 Å². The summed E-state index contributed by atoms with van der Waals surface area (Å²) < 4.78 is 9.91. The summed E-state index contributed by atoms with van der Waals surface area (Å²) in [6.45, 7) is 6.89. The molecule has 0 aliphatic rings. The predicted octanol–water partition coefficient (Wildman–Crippen LogP) is 2.13. The van der Waals surface area contributed by atoms with Gasteiger partial charge in [-0.2, -0.15) is 5.26 Å². The summed E-state index contributed by atoms with van der Waals surface area (Å²) in [7, 11) is 2.91. The minimum Gasteiger partial charge on any atom is -0.508 e. The molecule has 4 nitrogen and oxygen atoms in total. The molecule has 0 unspecified atom stereocenters. The normalized spacial score (nSPS) is 8.57. The molecular weight excluding hydrogens is 180 g/mol. The van der Waals surface area contributed by atoms with E-state index in [1.807, 2.05) is 6.07 Å². The van der Waals surface area contributed by atoms with Crippen LogP contribution in [0.4, 0.5) is 5.69 Å². The molecule has 14 heavy (non-hydrogen) atoms. The Hall–Kier alpha value is -2.20. The molecule has 0 heterocycles. The van der Waals surface area contributed by atoms with Gasteiger partial charge in [-0.15, -0.1) is 0 Å². The Morgan fingerprint density at radius 2 is 1.93 bits per heavy atom. The molecule has 0 radical (unpaired) electrons. The summed E-state index contributed by atoms with van der Waals surface area (Å²) in [5.41, 5.74) is 0.695. The maximum Gasteiger partial charge on any atom is 0.231 e. The van der Waals surface area contributed by atoms with E-state index in [0.717, 1.165) is 0 Å². The van der Waals surface area contributed by atoms with Crippen molar-refractivity contribution in [2.75, 3.05) is 14.2 Å². The summed E-state index contributed by atoms with van der Waals surface area (Å²) in [6, 6.07) is 4.95.